The first-order valence-electron chi connectivity index (χ1n) is 7.75. The summed E-state index contributed by atoms with van der Waals surface area (Å²) in [7, 11) is 0. The van der Waals surface area contributed by atoms with Crippen molar-refractivity contribution in [2.45, 2.75) is 26.0 Å². The molecule has 120 valence electrons. The van der Waals surface area contributed by atoms with E-state index in [0.717, 1.165) is 30.2 Å². The molecule has 0 saturated heterocycles. The van der Waals surface area contributed by atoms with Crippen LogP contribution in [0.2, 0.25) is 0 Å². The minimum absolute atomic E-state index is 0.425. The lowest BCUT2D eigenvalue weighted by molar-refractivity contribution is 0.114. The topological polar surface area (TPSA) is 72.2 Å². The second-order valence-electron chi connectivity index (χ2n) is 5.87. The zero-order chi connectivity index (χ0) is 16.2. The number of hydrogen-bond acceptors (Lipinski definition) is 6. The fraction of sp³-hybridized carbons (Fsp3) is 0.412. The Labute approximate surface area is 140 Å². The highest BCUT2D eigenvalue weighted by Crippen LogP contribution is 2.23. The molecule has 0 amide bonds. The van der Waals surface area contributed by atoms with E-state index < -0.39 is 6.10 Å². The number of rotatable bonds is 5. The number of anilines is 1. The number of β-amino-alcohol motifs (C(OH)–C–C–N with tert-alkyl or cyclic N) is 1. The summed E-state index contributed by atoms with van der Waals surface area (Å²) in [5, 5.41) is 23.3. The minimum Gasteiger partial charge on any atom is -0.390 e. The molecule has 1 aromatic carbocycles. The van der Waals surface area contributed by atoms with Crippen LogP contribution in [0.5, 0.6) is 0 Å². The lowest BCUT2D eigenvalue weighted by atomic mass is 10.00. The summed E-state index contributed by atoms with van der Waals surface area (Å²) in [6.45, 7) is 4.73. The fourth-order valence-corrected chi connectivity index (χ4v) is 3.66. The predicted molar refractivity (Wildman–Crippen MR) is 91.5 cm³/mol. The number of aliphatic hydroxyl groups is 1. The number of nitriles is 1. The summed E-state index contributed by atoms with van der Waals surface area (Å²) in [6.07, 6.45) is 0.553. The monoisotopic (exact) mass is 328 g/mol. The first kappa shape index (κ1) is 15.9. The van der Waals surface area contributed by atoms with Gasteiger partial charge in [0.05, 0.1) is 11.8 Å². The van der Waals surface area contributed by atoms with Crippen LogP contribution in [0.3, 0.4) is 0 Å². The van der Waals surface area contributed by atoms with Gasteiger partial charge in [-0.1, -0.05) is 24.3 Å². The Hall–Kier alpha value is -1.94. The number of aromatic nitrogens is 1. The molecule has 0 bridgehead atoms. The van der Waals surface area contributed by atoms with Crippen LogP contribution < -0.4 is 5.32 Å². The Morgan fingerprint density at radius 3 is 3.00 bits per heavy atom. The van der Waals surface area contributed by atoms with Gasteiger partial charge in [-0.2, -0.15) is 9.64 Å². The highest BCUT2D eigenvalue weighted by Gasteiger charge is 2.19. The number of nitrogens with one attached hydrogen (secondary N) is 1. The van der Waals surface area contributed by atoms with E-state index in [0.29, 0.717) is 18.7 Å². The molecule has 3 rings (SSSR count). The normalized spacial score (nSPS) is 15.7. The van der Waals surface area contributed by atoms with Gasteiger partial charge >= 0.3 is 0 Å². The van der Waals surface area contributed by atoms with Gasteiger partial charge in [0, 0.05) is 26.2 Å². The third-order valence-electron chi connectivity index (χ3n) is 4.15. The predicted octanol–water partition coefficient (Wildman–Crippen LogP) is 2.15. The Kier molecular flexibility index (Phi) is 4.91. The Balaban J connectivity index is 1.52. The SMILES string of the molecule is Cc1nsc(NC[C@H](O)CN2CCc3ccccc3C2)c1C#N. The molecule has 2 N–H and O–H groups in total. The Morgan fingerprint density at radius 2 is 2.22 bits per heavy atom. The van der Waals surface area contributed by atoms with Crippen LogP contribution in [0.25, 0.3) is 0 Å². The molecule has 1 aliphatic rings. The first-order chi connectivity index (χ1) is 11.2. The Morgan fingerprint density at radius 1 is 1.43 bits per heavy atom. The molecular weight excluding hydrogens is 308 g/mol. The van der Waals surface area contributed by atoms with Crippen molar-refractivity contribution in [1.29, 1.82) is 5.26 Å². The lowest BCUT2D eigenvalue weighted by Gasteiger charge is -2.30. The van der Waals surface area contributed by atoms with Crippen LogP contribution in [0, 0.1) is 18.3 Å². The molecule has 6 heteroatoms. The summed E-state index contributed by atoms with van der Waals surface area (Å²) >= 11 is 1.27. The maximum atomic E-state index is 10.3. The molecule has 1 atom stereocenters. The van der Waals surface area contributed by atoms with Gasteiger partial charge in [0.1, 0.15) is 16.6 Å². The summed E-state index contributed by atoms with van der Waals surface area (Å²) in [5.74, 6) is 0. The maximum absolute atomic E-state index is 10.3. The van der Waals surface area contributed by atoms with Crippen LogP contribution in [0.1, 0.15) is 22.4 Å². The molecule has 23 heavy (non-hydrogen) atoms. The van der Waals surface area contributed by atoms with Gasteiger partial charge in [0.2, 0.25) is 0 Å². The molecule has 0 fully saturated rings. The van der Waals surface area contributed by atoms with Crippen molar-refractivity contribution in [2.24, 2.45) is 0 Å². The van der Waals surface area contributed by atoms with E-state index in [4.69, 9.17) is 5.26 Å². The summed E-state index contributed by atoms with van der Waals surface area (Å²) in [5.41, 5.74) is 4.08. The van der Waals surface area contributed by atoms with E-state index >= 15 is 0 Å². The first-order valence-corrected chi connectivity index (χ1v) is 8.52. The molecule has 0 radical (unpaired) electrons. The summed E-state index contributed by atoms with van der Waals surface area (Å²) < 4.78 is 4.17. The van der Waals surface area contributed by atoms with Gasteiger partial charge in [-0.3, -0.25) is 4.90 Å². The van der Waals surface area contributed by atoms with Gasteiger partial charge in [0.15, 0.2) is 0 Å². The second kappa shape index (κ2) is 7.09. The zero-order valence-electron chi connectivity index (χ0n) is 13.1. The zero-order valence-corrected chi connectivity index (χ0v) is 13.9. The standard InChI is InChI=1S/C17H20N4OS/c1-12-16(8-18)17(23-20-12)19-9-15(22)11-21-7-6-13-4-2-3-5-14(13)10-21/h2-5,15,19,22H,6-7,9-11H2,1H3/t15-/m0/s1. The van der Waals surface area contributed by atoms with Crippen molar-refractivity contribution in [2.75, 3.05) is 25.0 Å². The number of benzene rings is 1. The van der Waals surface area contributed by atoms with Crippen molar-refractivity contribution in [1.82, 2.24) is 9.27 Å². The van der Waals surface area contributed by atoms with E-state index in [1.165, 1.54) is 22.7 Å². The summed E-state index contributed by atoms with van der Waals surface area (Å²) in [4.78, 5) is 2.28. The van der Waals surface area contributed by atoms with Crippen LogP contribution in [-0.2, 0) is 13.0 Å². The molecule has 2 heterocycles. The molecule has 0 spiro atoms. The third-order valence-corrected chi connectivity index (χ3v) is 5.05. The van der Waals surface area contributed by atoms with Crippen LogP contribution >= 0.6 is 11.5 Å². The van der Waals surface area contributed by atoms with Gasteiger partial charge in [-0.25, -0.2) is 0 Å². The van der Waals surface area contributed by atoms with Crippen molar-refractivity contribution >= 4 is 16.5 Å². The largest absolute Gasteiger partial charge is 0.390 e. The fourth-order valence-electron chi connectivity index (χ4n) is 2.91. The van der Waals surface area contributed by atoms with Crippen LogP contribution in [-0.4, -0.2) is 40.1 Å². The van der Waals surface area contributed by atoms with E-state index in [-0.39, 0.29) is 0 Å². The van der Waals surface area contributed by atoms with E-state index in [1.807, 2.05) is 6.92 Å². The van der Waals surface area contributed by atoms with E-state index in [9.17, 15) is 5.11 Å². The molecule has 0 saturated carbocycles. The number of nitrogens with zero attached hydrogens (tertiary/aromatic N) is 3. The number of hydrogen-bond donors (Lipinski definition) is 2. The average Bonchev–Trinajstić information content (AvgIpc) is 2.92. The van der Waals surface area contributed by atoms with Gasteiger partial charge in [-0.05, 0) is 36.0 Å². The highest BCUT2D eigenvalue weighted by molar-refractivity contribution is 7.10. The molecule has 5 nitrogen and oxygen atoms in total. The molecular formula is C17H20N4OS. The number of aliphatic hydroxyl groups excluding tert-OH is 1. The van der Waals surface area contributed by atoms with Crippen molar-refractivity contribution in [3.63, 3.8) is 0 Å². The average molecular weight is 328 g/mol. The van der Waals surface area contributed by atoms with E-state index in [2.05, 4.69) is 44.9 Å². The van der Waals surface area contributed by atoms with Gasteiger partial charge in [0.25, 0.3) is 0 Å². The molecule has 1 aliphatic heterocycles. The van der Waals surface area contributed by atoms with E-state index in [1.54, 1.807) is 0 Å². The van der Waals surface area contributed by atoms with Gasteiger partial charge in [-0.15, -0.1) is 0 Å². The second-order valence-corrected chi connectivity index (χ2v) is 6.65. The smallest absolute Gasteiger partial charge is 0.127 e. The molecule has 1 aromatic heterocycles. The van der Waals surface area contributed by atoms with Gasteiger partial charge < -0.3 is 10.4 Å². The van der Waals surface area contributed by atoms with Crippen molar-refractivity contribution in [3.8, 4) is 6.07 Å². The van der Waals surface area contributed by atoms with Crippen molar-refractivity contribution < 1.29 is 5.11 Å². The van der Waals surface area contributed by atoms with Crippen LogP contribution in [0.15, 0.2) is 24.3 Å². The third kappa shape index (κ3) is 3.70. The maximum Gasteiger partial charge on any atom is 0.127 e. The van der Waals surface area contributed by atoms with Crippen LogP contribution in [0.4, 0.5) is 5.00 Å². The lowest BCUT2D eigenvalue weighted by Crippen LogP contribution is -2.39. The van der Waals surface area contributed by atoms with Crippen molar-refractivity contribution in [3.05, 3.63) is 46.6 Å². The summed E-state index contributed by atoms with van der Waals surface area (Å²) in [6, 6.07) is 10.6. The molecule has 0 unspecified atom stereocenters. The quantitative estimate of drug-likeness (QED) is 0.880. The molecule has 2 aromatic rings. The highest BCUT2D eigenvalue weighted by atomic mass is 32.1. The minimum atomic E-state index is -0.478. The number of fused-ring (bicyclic) bond motifs is 1. The number of aryl methyl sites for hydroxylation is 1. The molecule has 0 aliphatic carbocycles. The Bertz CT molecular complexity index is 722.